The molecule has 0 fully saturated rings. The van der Waals surface area contributed by atoms with E-state index in [1.807, 2.05) is 36.5 Å². The van der Waals surface area contributed by atoms with Crippen LogP contribution in [0.5, 0.6) is 0 Å². The van der Waals surface area contributed by atoms with Gasteiger partial charge in [0.05, 0.1) is 5.69 Å². The van der Waals surface area contributed by atoms with Gasteiger partial charge in [-0.1, -0.05) is 31.5 Å². The number of pyridine rings is 2. The average Bonchev–Trinajstić information content (AvgIpc) is 2.64. The zero-order valence-electron chi connectivity index (χ0n) is 13.6. The molecule has 0 radical (unpaired) electrons. The molecule has 0 saturated heterocycles. The SMILES string of the molecule is CCCc1ccc(-c2ccc(C(=O)Nc3ccncc3)cc2)nc1. The molecule has 2 aromatic heterocycles. The minimum Gasteiger partial charge on any atom is -0.322 e. The van der Waals surface area contributed by atoms with Crippen LogP contribution >= 0.6 is 0 Å². The number of benzene rings is 1. The lowest BCUT2D eigenvalue weighted by atomic mass is 10.1. The van der Waals surface area contributed by atoms with Crippen molar-refractivity contribution in [1.82, 2.24) is 9.97 Å². The molecule has 3 rings (SSSR count). The molecule has 3 aromatic rings. The Kier molecular flexibility index (Phi) is 4.96. The third-order valence-electron chi connectivity index (χ3n) is 3.74. The summed E-state index contributed by atoms with van der Waals surface area (Å²) in [4.78, 5) is 20.7. The lowest BCUT2D eigenvalue weighted by Crippen LogP contribution is -2.11. The van der Waals surface area contributed by atoms with Crippen molar-refractivity contribution in [2.45, 2.75) is 19.8 Å². The number of aromatic nitrogens is 2. The molecular formula is C20H19N3O. The Balaban J connectivity index is 1.71. The van der Waals surface area contributed by atoms with Crippen molar-refractivity contribution in [3.05, 3.63) is 78.2 Å². The Labute approximate surface area is 141 Å². The van der Waals surface area contributed by atoms with Crippen LogP contribution in [-0.2, 0) is 6.42 Å². The second-order valence-electron chi connectivity index (χ2n) is 5.57. The summed E-state index contributed by atoms with van der Waals surface area (Å²) < 4.78 is 0. The van der Waals surface area contributed by atoms with E-state index in [2.05, 4.69) is 28.3 Å². The van der Waals surface area contributed by atoms with Crippen LogP contribution in [0.4, 0.5) is 5.69 Å². The van der Waals surface area contributed by atoms with Gasteiger partial charge >= 0.3 is 0 Å². The van der Waals surface area contributed by atoms with Crippen LogP contribution in [0.3, 0.4) is 0 Å². The van der Waals surface area contributed by atoms with Gasteiger partial charge in [-0.05, 0) is 42.3 Å². The minimum absolute atomic E-state index is 0.140. The van der Waals surface area contributed by atoms with Gasteiger partial charge in [0.2, 0.25) is 0 Å². The Hall–Kier alpha value is -3.01. The molecular weight excluding hydrogens is 298 g/mol. The smallest absolute Gasteiger partial charge is 0.255 e. The Morgan fingerprint density at radius 1 is 1.00 bits per heavy atom. The summed E-state index contributed by atoms with van der Waals surface area (Å²) in [6.07, 6.45) is 7.37. The van der Waals surface area contributed by atoms with Gasteiger partial charge in [-0.25, -0.2) is 0 Å². The summed E-state index contributed by atoms with van der Waals surface area (Å²) in [7, 11) is 0. The van der Waals surface area contributed by atoms with Crippen LogP contribution in [0.1, 0.15) is 29.3 Å². The Morgan fingerprint density at radius 2 is 1.75 bits per heavy atom. The largest absolute Gasteiger partial charge is 0.322 e. The predicted molar refractivity (Wildman–Crippen MR) is 95.9 cm³/mol. The number of nitrogens with zero attached hydrogens (tertiary/aromatic N) is 2. The molecule has 0 aliphatic heterocycles. The highest BCUT2D eigenvalue weighted by molar-refractivity contribution is 6.04. The first kappa shape index (κ1) is 15.9. The summed E-state index contributed by atoms with van der Waals surface area (Å²) in [6, 6.07) is 15.1. The van der Waals surface area contributed by atoms with Crippen molar-refractivity contribution in [2.24, 2.45) is 0 Å². The first-order valence-electron chi connectivity index (χ1n) is 8.03. The molecule has 0 bridgehead atoms. The van der Waals surface area contributed by atoms with Crippen molar-refractivity contribution < 1.29 is 4.79 Å². The number of rotatable bonds is 5. The van der Waals surface area contributed by atoms with E-state index in [0.717, 1.165) is 29.8 Å². The number of aryl methyl sites for hydroxylation is 1. The summed E-state index contributed by atoms with van der Waals surface area (Å²) >= 11 is 0. The van der Waals surface area contributed by atoms with Crippen molar-refractivity contribution in [2.75, 3.05) is 5.32 Å². The standard InChI is InChI=1S/C20H19N3O/c1-2-3-15-4-9-19(22-14-15)16-5-7-17(8-6-16)20(24)23-18-10-12-21-13-11-18/h4-14H,2-3H2,1H3,(H,21,23,24). The number of carbonyl (C=O) groups is 1. The van der Waals surface area contributed by atoms with Crippen LogP contribution in [0.25, 0.3) is 11.3 Å². The van der Waals surface area contributed by atoms with Crippen molar-refractivity contribution >= 4 is 11.6 Å². The van der Waals surface area contributed by atoms with Gasteiger partial charge in [0.25, 0.3) is 5.91 Å². The van der Waals surface area contributed by atoms with Crippen molar-refractivity contribution in [1.29, 1.82) is 0 Å². The van der Waals surface area contributed by atoms with E-state index in [1.54, 1.807) is 24.5 Å². The average molecular weight is 317 g/mol. The van der Waals surface area contributed by atoms with Crippen LogP contribution in [0.15, 0.2) is 67.1 Å². The van der Waals surface area contributed by atoms with E-state index >= 15 is 0 Å². The first-order chi connectivity index (χ1) is 11.8. The highest BCUT2D eigenvalue weighted by Gasteiger charge is 2.07. The number of amides is 1. The second-order valence-corrected chi connectivity index (χ2v) is 5.57. The molecule has 0 atom stereocenters. The minimum atomic E-state index is -0.140. The third kappa shape index (κ3) is 3.84. The molecule has 1 N–H and O–H groups in total. The van der Waals surface area contributed by atoms with Crippen molar-refractivity contribution in [3.8, 4) is 11.3 Å². The summed E-state index contributed by atoms with van der Waals surface area (Å²) in [6.45, 7) is 2.16. The van der Waals surface area contributed by atoms with Gasteiger partial charge in [0, 0.05) is 35.4 Å². The number of carbonyl (C=O) groups excluding carboxylic acids is 1. The Bertz CT molecular complexity index is 797. The summed E-state index contributed by atoms with van der Waals surface area (Å²) in [5.74, 6) is -0.140. The van der Waals surface area contributed by atoms with Gasteiger partial charge in [-0.2, -0.15) is 0 Å². The van der Waals surface area contributed by atoms with Crippen LogP contribution in [0.2, 0.25) is 0 Å². The van der Waals surface area contributed by atoms with E-state index in [1.165, 1.54) is 5.56 Å². The number of hydrogen-bond acceptors (Lipinski definition) is 3. The number of anilines is 1. The highest BCUT2D eigenvalue weighted by atomic mass is 16.1. The predicted octanol–water partition coefficient (Wildman–Crippen LogP) is 4.35. The van der Waals surface area contributed by atoms with Crippen LogP contribution < -0.4 is 5.32 Å². The maximum Gasteiger partial charge on any atom is 0.255 e. The van der Waals surface area contributed by atoms with Gasteiger partial charge in [0.15, 0.2) is 0 Å². The number of hydrogen-bond donors (Lipinski definition) is 1. The molecule has 0 aliphatic rings. The molecule has 0 spiro atoms. The van der Waals surface area contributed by atoms with Gasteiger partial charge in [0.1, 0.15) is 0 Å². The topological polar surface area (TPSA) is 54.9 Å². The van der Waals surface area contributed by atoms with E-state index in [-0.39, 0.29) is 5.91 Å². The van der Waals surface area contributed by atoms with E-state index < -0.39 is 0 Å². The summed E-state index contributed by atoms with van der Waals surface area (Å²) in [5, 5.41) is 2.84. The molecule has 24 heavy (non-hydrogen) atoms. The van der Waals surface area contributed by atoms with Crippen LogP contribution in [-0.4, -0.2) is 15.9 Å². The fraction of sp³-hybridized carbons (Fsp3) is 0.150. The maximum atomic E-state index is 12.2. The van der Waals surface area contributed by atoms with E-state index in [9.17, 15) is 4.79 Å². The molecule has 120 valence electrons. The molecule has 4 nitrogen and oxygen atoms in total. The molecule has 0 saturated carbocycles. The van der Waals surface area contributed by atoms with Gasteiger partial charge < -0.3 is 5.32 Å². The molecule has 2 heterocycles. The fourth-order valence-electron chi connectivity index (χ4n) is 2.46. The molecule has 1 amide bonds. The quantitative estimate of drug-likeness (QED) is 0.761. The Morgan fingerprint density at radius 3 is 2.38 bits per heavy atom. The normalized spacial score (nSPS) is 10.4. The monoisotopic (exact) mass is 317 g/mol. The zero-order valence-corrected chi connectivity index (χ0v) is 13.6. The molecule has 4 heteroatoms. The number of nitrogens with one attached hydrogen (secondary N) is 1. The lowest BCUT2D eigenvalue weighted by Gasteiger charge is -2.06. The fourth-order valence-corrected chi connectivity index (χ4v) is 2.46. The third-order valence-corrected chi connectivity index (χ3v) is 3.74. The second kappa shape index (κ2) is 7.51. The molecule has 0 aliphatic carbocycles. The molecule has 0 unspecified atom stereocenters. The maximum absolute atomic E-state index is 12.2. The van der Waals surface area contributed by atoms with Gasteiger partial charge in [-0.15, -0.1) is 0 Å². The lowest BCUT2D eigenvalue weighted by molar-refractivity contribution is 0.102. The molecule has 1 aromatic carbocycles. The van der Waals surface area contributed by atoms with Crippen molar-refractivity contribution in [3.63, 3.8) is 0 Å². The first-order valence-corrected chi connectivity index (χ1v) is 8.03. The van der Waals surface area contributed by atoms with Crippen LogP contribution in [0, 0.1) is 0 Å². The zero-order chi connectivity index (χ0) is 16.8. The highest BCUT2D eigenvalue weighted by Crippen LogP contribution is 2.19. The summed E-state index contributed by atoms with van der Waals surface area (Å²) in [5.41, 5.74) is 4.49. The van der Waals surface area contributed by atoms with Gasteiger partial charge in [-0.3, -0.25) is 14.8 Å². The van der Waals surface area contributed by atoms with E-state index in [0.29, 0.717) is 5.56 Å². The van der Waals surface area contributed by atoms with E-state index in [4.69, 9.17) is 0 Å².